The van der Waals surface area contributed by atoms with Crippen LogP contribution in [0.25, 0.3) is 6.08 Å². The van der Waals surface area contributed by atoms with Crippen LogP contribution in [0.15, 0.2) is 53.3 Å². The number of fused-ring (bicyclic) bond motifs is 4. The molecule has 2 bridgehead atoms. The average Bonchev–Trinajstić information content (AvgIpc) is 3.01. The minimum absolute atomic E-state index is 0.146. The minimum atomic E-state index is -0.627. The van der Waals surface area contributed by atoms with Gasteiger partial charge in [0.25, 0.3) is 11.5 Å². The van der Waals surface area contributed by atoms with Gasteiger partial charge in [0.05, 0.1) is 18.0 Å². The summed E-state index contributed by atoms with van der Waals surface area (Å²) in [7, 11) is 3.34. The van der Waals surface area contributed by atoms with Crippen LogP contribution in [0.2, 0.25) is 0 Å². The van der Waals surface area contributed by atoms with Crippen LogP contribution in [0.4, 0.5) is 0 Å². The van der Waals surface area contributed by atoms with Gasteiger partial charge in [-0.1, -0.05) is 30.4 Å². The van der Waals surface area contributed by atoms with Gasteiger partial charge in [-0.05, 0) is 31.2 Å². The highest BCUT2D eigenvalue weighted by atomic mass is 16.3. The number of rotatable bonds is 4. The van der Waals surface area contributed by atoms with E-state index in [-0.39, 0.29) is 30.5 Å². The fourth-order valence-corrected chi connectivity index (χ4v) is 5.02. The smallest absolute Gasteiger partial charge is 0.258 e. The Morgan fingerprint density at radius 1 is 1.16 bits per heavy atom. The zero-order chi connectivity index (χ0) is 22.3. The van der Waals surface area contributed by atoms with Gasteiger partial charge in [0.15, 0.2) is 0 Å². The Balaban J connectivity index is 1.91. The number of allylic oxidation sites excluding steroid dienone is 1. The molecule has 1 aromatic heterocycles. The van der Waals surface area contributed by atoms with Crippen molar-refractivity contribution in [2.45, 2.75) is 25.6 Å². The number of aliphatic hydroxyl groups is 1. The lowest BCUT2D eigenvalue weighted by Gasteiger charge is -2.38. The van der Waals surface area contributed by atoms with E-state index in [1.54, 1.807) is 66.0 Å². The summed E-state index contributed by atoms with van der Waals surface area (Å²) in [6.45, 7) is 1.85. The summed E-state index contributed by atoms with van der Waals surface area (Å²) in [4.78, 5) is 43.1. The third-order valence-electron chi connectivity index (χ3n) is 6.40. The Labute approximate surface area is 181 Å². The first-order chi connectivity index (χ1) is 14.9. The zero-order valence-corrected chi connectivity index (χ0v) is 17.9. The number of hydrogen-bond donors (Lipinski definition) is 1. The van der Waals surface area contributed by atoms with Gasteiger partial charge in [0.1, 0.15) is 0 Å². The third-order valence-corrected chi connectivity index (χ3v) is 6.40. The molecule has 31 heavy (non-hydrogen) atoms. The first-order valence-electron chi connectivity index (χ1n) is 10.5. The fraction of sp³-hybridized carbons (Fsp3) is 0.375. The van der Waals surface area contributed by atoms with Gasteiger partial charge in [-0.3, -0.25) is 14.4 Å². The topological polar surface area (TPSA) is 82.8 Å². The molecule has 4 rings (SSSR count). The first kappa shape index (κ1) is 21.1. The summed E-state index contributed by atoms with van der Waals surface area (Å²) >= 11 is 0. The minimum Gasteiger partial charge on any atom is -0.396 e. The van der Waals surface area contributed by atoms with Crippen molar-refractivity contribution in [1.82, 2.24) is 14.4 Å². The quantitative estimate of drug-likeness (QED) is 0.816. The van der Waals surface area contributed by atoms with Gasteiger partial charge < -0.3 is 19.5 Å². The molecule has 1 N–H and O–H groups in total. The van der Waals surface area contributed by atoms with E-state index < -0.39 is 23.9 Å². The van der Waals surface area contributed by atoms with Gasteiger partial charge in [-0.2, -0.15) is 0 Å². The van der Waals surface area contributed by atoms with Gasteiger partial charge in [-0.25, -0.2) is 0 Å². The largest absolute Gasteiger partial charge is 0.396 e. The second-order valence-corrected chi connectivity index (χ2v) is 8.32. The maximum atomic E-state index is 13.5. The van der Waals surface area contributed by atoms with Crippen LogP contribution in [0.3, 0.4) is 0 Å². The second kappa shape index (κ2) is 8.15. The first-order valence-corrected chi connectivity index (χ1v) is 10.5. The molecule has 0 radical (unpaired) electrons. The van der Waals surface area contributed by atoms with Gasteiger partial charge in [-0.15, -0.1) is 0 Å². The van der Waals surface area contributed by atoms with E-state index in [4.69, 9.17) is 0 Å². The van der Waals surface area contributed by atoms with Gasteiger partial charge in [0, 0.05) is 50.0 Å². The van der Waals surface area contributed by atoms with Crippen molar-refractivity contribution in [2.24, 2.45) is 11.8 Å². The number of benzene rings is 1. The number of carbonyl (C=O) groups excluding carboxylic acids is 2. The van der Waals surface area contributed by atoms with E-state index in [2.05, 4.69) is 0 Å². The van der Waals surface area contributed by atoms with Crippen molar-refractivity contribution in [2.75, 3.05) is 20.7 Å². The van der Waals surface area contributed by atoms with Crippen LogP contribution in [0, 0.1) is 11.8 Å². The molecule has 1 saturated heterocycles. The lowest BCUT2D eigenvalue weighted by molar-refractivity contribution is -0.135. The van der Waals surface area contributed by atoms with Crippen molar-refractivity contribution >= 4 is 17.9 Å². The van der Waals surface area contributed by atoms with Crippen LogP contribution in [-0.4, -0.2) is 58.0 Å². The summed E-state index contributed by atoms with van der Waals surface area (Å²) in [6.07, 6.45) is 3.56. The predicted molar refractivity (Wildman–Crippen MR) is 117 cm³/mol. The Morgan fingerprint density at radius 2 is 1.87 bits per heavy atom. The van der Waals surface area contributed by atoms with E-state index >= 15 is 0 Å². The molecule has 2 aliphatic heterocycles. The Kier molecular flexibility index (Phi) is 5.54. The zero-order valence-electron chi connectivity index (χ0n) is 17.9. The van der Waals surface area contributed by atoms with Gasteiger partial charge in [0.2, 0.25) is 5.91 Å². The number of amides is 2. The molecule has 0 saturated carbocycles. The molecule has 1 fully saturated rings. The van der Waals surface area contributed by atoms with Gasteiger partial charge >= 0.3 is 0 Å². The Bertz CT molecular complexity index is 1090. The molecule has 1 aromatic carbocycles. The molecule has 4 atom stereocenters. The maximum absolute atomic E-state index is 13.5. The monoisotopic (exact) mass is 421 g/mol. The van der Waals surface area contributed by atoms with E-state index in [9.17, 15) is 19.5 Å². The van der Waals surface area contributed by atoms with Crippen LogP contribution >= 0.6 is 0 Å². The number of aliphatic hydroxyl groups excluding tert-OH is 1. The number of carbonyl (C=O) groups is 2. The second-order valence-electron chi connectivity index (χ2n) is 8.32. The summed E-state index contributed by atoms with van der Waals surface area (Å²) in [5, 5.41) is 10.3. The normalized spacial score (nSPS) is 24.3. The fourth-order valence-electron chi connectivity index (χ4n) is 5.02. The summed E-state index contributed by atoms with van der Waals surface area (Å²) in [5.41, 5.74) is 1.57. The van der Waals surface area contributed by atoms with Crippen molar-refractivity contribution in [3.8, 4) is 0 Å². The molecule has 7 nitrogen and oxygen atoms in total. The van der Waals surface area contributed by atoms with Crippen LogP contribution in [0.5, 0.6) is 0 Å². The maximum Gasteiger partial charge on any atom is 0.258 e. The Morgan fingerprint density at radius 3 is 2.48 bits per heavy atom. The average molecular weight is 421 g/mol. The molecule has 2 aromatic rings. The highest BCUT2D eigenvalue weighted by molar-refractivity contribution is 5.96. The molecule has 0 aliphatic carbocycles. The number of aromatic nitrogens is 1. The van der Waals surface area contributed by atoms with E-state index in [1.165, 1.54) is 4.90 Å². The molecule has 2 amide bonds. The molecule has 0 spiro atoms. The summed E-state index contributed by atoms with van der Waals surface area (Å²) in [6, 6.07) is 11.4. The van der Waals surface area contributed by atoms with E-state index in [0.29, 0.717) is 16.8 Å². The molecular formula is C24H27N3O4. The molecule has 0 unspecified atom stereocenters. The van der Waals surface area contributed by atoms with Crippen molar-refractivity contribution in [3.05, 3.63) is 75.7 Å². The number of nitrogens with zero attached hydrogens (tertiary/aromatic N) is 3. The summed E-state index contributed by atoms with van der Waals surface area (Å²) in [5.74, 6) is -1.44. The molecular weight excluding hydrogens is 394 g/mol. The summed E-state index contributed by atoms with van der Waals surface area (Å²) < 4.78 is 1.67. The molecule has 162 valence electrons. The van der Waals surface area contributed by atoms with E-state index in [0.717, 1.165) is 0 Å². The highest BCUT2D eigenvalue weighted by Gasteiger charge is 2.57. The molecule has 2 aliphatic rings. The lowest BCUT2D eigenvalue weighted by Crippen LogP contribution is -2.49. The van der Waals surface area contributed by atoms with Crippen molar-refractivity contribution in [3.63, 3.8) is 0 Å². The molecule has 7 heteroatoms. The van der Waals surface area contributed by atoms with Crippen molar-refractivity contribution in [1.29, 1.82) is 0 Å². The predicted octanol–water partition coefficient (Wildman–Crippen LogP) is 1.77. The number of pyridine rings is 1. The SMILES string of the molecule is C/C=C/c1ccc2n(c1=O)C[C@H]1[C@H](CO)[C@@H](C(=O)N(C)C)[C@@H]2N1C(=O)c1ccccc1. The van der Waals surface area contributed by atoms with Crippen molar-refractivity contribution < 1.29 is 14.7 Å². The van der Waals surface area contributed by atoms with Crippen LogP contribution in [0.1, 0.15) is 34.6 Å². The van der Waals surface area contributed by atoms with E-state index in [1.807, 2.05) is 19.1 Å². The molecule has 3 heterocycles. The standard InChI is InChI=1S/C24H27N3O4/c1-4-8-15-11-12-18-21-20(24(31)25(2)3)17(14-28)19(13-26(18)22(15)29)27(21)23(30)16-9-6-5-7-10-16/h4-12,17,19-21,28H,13-14H2,1-3H3/b8-4+/t17-,19-,20+,21+/m0/s1. The number of hydrogen-bond acceptors (Lipinski definition) is 4. The van der Waals surface area contributed by atoms with Crippen LogP contribution < -0.4 is 5.56 Å². The third kappa shape index (κ3) is 3.29. The Hall–Kier alpha value is -3.19. The highest BCUT2D eigenvalue weighted by Crippen LogP contribution is 2.49. The van der Waals surface area contributed by atoms with Crippen LogP contribution in [-0.2, 0) is 11.3 Å². The lowest BCUT2D eigenvalue weighted by atomic mass is 9.86.